The molecule has 0 aliphatic carbocycles. The van der Waals surface area contributed by atoms with E-state index in [4.69, 9.17) is 16.3 Å². The predicted octanol–water partition coefficient (Wildman–Crippen LogP) is 2.83. The number of aromatic nitrogens is 3. The van der Waals surface area contributed by atoms with E-state index >= 15 is 0 Å². The summed E-state index contributed by atoms with van der Waals surface area (Å²) in [5, 5.41) is 9.98. The number of hydrogen-bond donors (Lipinski definition) is 2. The van der Waals surface area contributed by atoms with E-state index in [2.05, 4.69) is 15.5 Å². The largest absolute Gasteiger partial charge is 0.376 e. The second kappa shape index (κ2) is 8.28. The van der Waals surface area contributed by atoms with E-state index in [0.717, 1.165) is 25.0 Å². The van der Waals surface area contributed by atoms with Crippen molar-refractivity contribution in [2.45, 2.75) is 49.7 Å². The lowest BCUT2D eigenvalue weighted by Crippen LogP contribution is -2.27. The number of hydrogen-bond acceptors (Lipinski definition) is 5. The summed E-state index contributed by atoms with van der Waals surface area (Å²) in [6.45, 7) is 4.84. The van der Waals surface area contributed by atoms with Crippen LogP contribution in [-0.4, -0.2) is 38.6 Å². The molecule has 1 amide bonds. The van der Waals surface area contributed by atoms with Crippen LogP contribution >= 0.6 is 23.4 Å². The summed E-state index contributed by atoms with van der Waals surface area (Å²) in [7, 11) is 0. The van der Waals surface area contributed by atoms with Crippen LogP contribution in [0.4, 0.5) is 5.69 Å². The van der Waals surface area contributed by atoms with Crippen LogP contribution in [-0.2, 0) is 16.1 Å². The van der Waals surface area contributed by atoms with E-state index in [1.165, 1.54) is 16.3 Å². The van der Waals surface area contributed by atoms with Crippen molar-refractivity contribution in [1.29, 1.82) is 0 Å². The molecular formula is C17H21ClN4O3S. The van der Waals surface area contributed by atoms with E-state index in [0.29, 0.717) is 22.4 Å². The van der Waals surface area contributed by atoms with Gasteiger partial charge in [0.2, 0.25) is 5.91 Å². The first kappa shape index (κ1) is 19.0. The number of anilines is 1. The minimum atomic E-state index is -0.438. The highest BCUT2D eigenvalue weighted by molar-refractivity contribution is 8.00. The van der Waals surface area contributed by atoms with E-state index < -0.39 is 5.25 Å². The molecule has 1 fully saturated rings. The summed E-state index contributed by atoms with van der Waals surface area (Å²) in [6.07, 6.45) is 1.94. The zero-order chi connectivity index (χ0) is 18.7. The number of nitrogens with one attached hydrogen (secondary N) is 2. The number of rotatable bonds is 6. The molecule has 3 rings (SSSR count). The number of carbonyl (C=O) groups excluding carboxylic acids is 1. The maximum absolute atomic E-state index is 12.5. The minimum absolute atomic E-state index is 0.0166. The fourth-order valence-electron chi connectivity index (χ4n) is 2.72. The lowest BCUT2D eigenvalue weighted by Gasteiger charge is -2.15. The molecule has 2 N–H and O–H groups in total. The number of H-pyrrole nitrogens is 1. The average Bonchev–Trinajstić information content (AvgIpc) is 3.23. The molecule has 1 saturated heterocycles. The second-order valence-electron chi connectivity index (χ2n) is 6.27. The zero-order valence-corrected chi connectivity index (χ0v) is 16.2. The van der Waals surface area contributed by atoms with Crippen molar-refractivity contribution in [1.82, 2.24) is 14.8 Å². The Bertz CT molecular complexity index is 845. The molecule has 2 aromatic rings. The van der Waals surface area contributed by atoms with Crippen LogP contribution < -0.4 is 11.0 Å². The van der Waals surface area contributed by atoms with Crippen molar-refractivity contribution < 1.29 is 9.53 Å². The molecule has 1 aromatic heterocycles. The van der Waals surface area contributed by atoms with Crippen LogP contribution in [0.1, 0.15) is 25.3 Å². The van der Waals surface area contributed by atoms with Crippen LogP contribution in [0.25, 0.3) is 0 Å². The smallest absolute Gasteiger partial charge is 0.344 e. The number of benzene rings is 1. The summed E-state index contributed by atoms with van der Waals surface area (Å²) in [5.41, 5.74) is 1.31. The van der Waals surface area contributed by atoms with Gasteiger partial charge in [0.15, 0.2) is 5.16 Å². The molecule has 7 nitrogen and oxygen atoms in total. The molecule has 0 radical (unpaired) electrons. The predicted molar refractivity (Wildman–Crippen MR) is 102 cm³/mol. The molecular weight excluding hydrogens is 376 g/mol. The Morgan fingerprint density at radius 1 is 1.58 bits per heavy atom. The Balaban J connectivity index is 1.67. The Labute approximate surface area is 160 Å². The first-order chi connectivity index (χ1) is 12.4. The van der Waals surface area contributed by atoms with Gasteiger partial charge in [0, 0.05) is 17.3 Å². The quantitative estimate of drug-likeness (QED) is 0.733. The molecule has 0 saturated carbocycles. The van der Waals surface area contributed by atoms with Gasteiger partial charge in [0.1, 0.15) is 0 Å². The molecule has 1 aliphatic heterocycles. The van der Waals surface area contributed by atoms with Crippen molar-refractivity contribution in [2.75, 3.05) is 11.9 Å². The summed E-state index contributed by atoms with van der Waals surface area (Å²) in [4.78, 5) is 24.5. The molecule has 9 heteroatoms. The van der Waals surface area contributed by atoms with Crippen molar-refractivity contribution in [3.8, 4) is 0 Å². The van der Waals surface area contributed by atoms with Crippen LogP contribution in [0.3, 0.4) is 0 Å². The number of nitrogens with zero attached hydrogens (tertiary/aromatic N) is 2. The van der Waals surface area contributed by atoms with Crippen LogP contribution in [0.2, 0.25) is 5.02 Å². The molecule has 2 heterocycles. The van der Waals surface area contributed by atoms with Gasteiger partial charge in [-0.3, -0.25) is 9.36 Å². The second-order valence-corrected chi connectivity index (χ2v) is 8.01. The molecule has 2 unspecified atom stereocenters. The Kier molecular flexibility index (Phi) is 6.05. The van der Waals surface area contributed by atoms with Gasteiger partial charge in [-0.1, -0.05) is 29.4 Å². The van der Waals surface area contributed by atoms with Gasteiger partial charge in [-0.05, 0) is 44.4 Å². The number of thioether (sulfide) groups is 1. The SMILES string of the molecule is Cc1ccc(Cl)cc1NC(=O)C(C)Sc1n[nH]c(=O)n1CC1CCCO1. The summed E-state index contributed by atoms with van der Waals surface area (Å²) in [5.74, 6) is -0.181. The lowest BCUT2D eigenvalue weighted by atomic mass is 10.2. The zero-order valence-electron chi connectivity index (χ0n) is 14.6. The van der Waals surface area contributed by atoms with Gasteiger partial charge < -0.3 is 10.1 Å². The Morgan fingerprint density at radius 3 is 3.12 bits per heavy atom. The fraction of sp³-hybridized carbons (Fsp3) is 0.471. The summed E-state index contributed by atoms with van der Waals surface area (Å²) < 4.78 is 7.13. The minimum Gasteiger partial charge on any atom is -0.376 e. The molecule has 0 bridgehead atoms. The normalized spacial score (nSPS) is 18.0. The number of amides is 1. The number of ether oxygens (including phenoxy) is 1. The maximum Gasteiger partial charge on any atom is 0.344 e. The first-order valence-corrected chi connectivity index (χ1v) is 9.70. The first-order valence-electron chi connectivity index (χ1n) is 8.44. The molecule has 0 spiro atoms. The Hall–Kier alpha value is -1.77. The summed E-state index contributed by atoms with van der Waals surface area (Å²) in [6, 6.07) is 5.34. The average molecular weight is 397 g/mol. The maximum atomic E-state index is 12.5. The summed E-state index contributed by atoms with van der Waals surface area (Å²) >= 11 is 7.23. The third kappa shape index (κ3) is 4.49. The monoisotopic (exact) mass is 396 g/mol. The topological polar surface area (TPSA) is 89.0 Å². The van der Waals surface area contributed by atoms with Crippen LogP contribution in [0, 0.1) is 6.92 Å². The van der Waals surface area contributed by atoms with Crippen molar-refractivity contribution >= 4 is 35.0 Å². The van der Waals surface area contributed by atoms with Gasteiger partial charge in [-0.15, -0.1) is 5.10 Å². The molecule has 1 aromatic carbocycles. The highest BCUT2D eigenvalue weighted by atomic mass is 35.5. The molecule has 2 atom stereocenters. The third-order valence-electron chi connectivity index (χ3n) is 4.24. The van der Waals surface area contributed by atoms with Crippen LogP contribution in [0.15, 0.2) is 28.2 Å². The van der Waals surface area contributed by atoms with Crippen molar-refractivity contribution in [3.05, 3.63) is 39.3 Å². The number of aromatic amines is 1. The van der Waals surface area contributed by atoms with Gasteiger partial charge in [-0.25, -0.2) is 9.89 Å². The fourth-order valence-corrected chi connectivity index (χ4v) is 3.76. The third-order valence-corrected chi connectivity index (χ3v) is 5.57. The Morgan fingerprint density at radius 2 is 2.38 bits per heavy atom. The highest BCUT2D eigenvalue weighted by Crippen LogP contribution is 2.25. The van der Waals surface area contributed by atoms with E-state index in [1.54, 1.807) is 19.1 Å². The van der Waals surface area contributed by atoms with Crippen molar-refractivity contribution in [2.24, 2.45) is 0 Å². The number of carbonyl (C=O) groups is 1. The standard InChI is InChI=1S/C17H21ClN4O3S/c1-10-5-6-12(18)8-14(10)19-15(23)11(2)26-17-21-20-16(24)22(17)9-13-4-3-7-25-13/h5-6,8,11,13H,3-4,7,9H2,1-2H3,(H,19,23)(H,20,24). The lowest BCUT2D eigenvalue weighted by molar-refractivity contribution is -0.115. The van der Waals surface area contributed by atoms with Gasteiger partial charge >= 0.3 is 5.69 Å². The van der Waals surface area contributed by atoms with Gasteiger partial charge in [0.25, 0.3) is 0 Å². The molecule has 26 heavy (non-hydrogen) atoms. The van der Waals surface area contributed by atoms with E-state index in [9.17, 15) is 9.59 Å². The van der Waals surface area contributed by atoms with Crippen LogP contribution in [0.5, 0.6) is 0 Å². The highest BCUT2D eigenvalue weighted by Gasteiger charge is 2.23. The van der Waals surface area contributed by atoms with Gasteiger partial charge in [0.05, 0.1) is 17.9 Å². The number of halogens is 1. The number of aryl methyl sites for hydroxylation is 1. The van der Waals surface area contributed by atoms with E-state index in [-0.39, 0.29) is 17.7 Å². The molecule has 140 valence electrons. The van der Waals surface area contributed by atoms with Crippen molar-refractivity contribution in [3.63, 3.8) is 0 Å². The van der Waals surface area contributed by atoms with E-state index in [1.807, 2.05) is 13.0 Å². The van der Waals surface area contributed by atoms with Gasteiger partial charge in [-0.2, -0.15) is 0 Å². The molecule has 1 aliphatic rings.